The van der Waals surface area contributed by atoms with Crippen LogP contribution in [0.2, 0.25) is 0 Å². The van der Waals surface area contributed by atoms with Crippen molar-refractivity contribution >= 4 is 21.8 Å². The second-order valence-electron chi connectivity index (χ2n) is 6.02. The van der Waals surface area contributed by atoms with Gasteiger partial charge >= 0.3 is 0 Å². The van der Waals surface area contributed by atoms with Crippen LogP contribution in [0.3, 0.4) is 0 Å². The van der Waals surface area contributed by atoms with E-state index in [4.69, 9.17) is 0 Å². The molecule has 1 aromatic carbocycles. The van der Waals surface area contributed by atoms with Gasteiger partial charge in [0.05, 0.1) is 12.0 Å². The minimum absolute atomic E-state index is 0.161. The highest BCUT2D eigenvalue weighted by Gasteiger charge is 2.36. The lowest BCUT2D eigenvalue weighted by molar-refractivity contribution is -0.134. The van der Waals surface area contributed by atoms with E-state index < -0.39 is 27.4 Å². The third kappa shape index (κ3) is 3.12. The van der Waals surface area contributed by atoms with Crippen molar-refractivity contribution in [3.8, 4) is 0 Å². The number of rotatable bonds is 3. The van der Waals surface area contributed by atoms with Gasteiger partial charge in [-0.2, -0.15) is 0 Å². The molecular formula is C14H19N3O4S. The summed E-state index contributed by atoms with van der Waals surface area (Å²) in [5.74, 6) is -0.271. The molecule has 7 nitrogen and oxygen atoms in total. The molecule has 22 heavy (non-hydrogen) atoms. The van der Waals surface area contributed by atoms with E-state index in [1.807, 2.05) is 20.8 Å². The number of carbonyl (C=O) groups is 1. The molecule has 0 saturated heterocycles. The predicted octanol–water partition coefficient (Wildman–Crippen LogP) is 0.817. The summed E-state index contributed by atoms with van der Waals surface area (Å²) in [7, 11) is -2.30. The summed E-state index contributed by atoms with van der Waals surface area (Å²) >= 11 is 0. The largest absolute Gasteiger partial charge is 0.277 e. The van der Waals surface area contributed by atoms with E-state index in [0.717, 1.165) is 0 Å². The fourth-order valence-corrected chi connectivity index (χ4v) is 3.40. The first-order valence-electron chi connectivity index (χ1n) is 6.69. The SMILES string of the molecule is CONC(=O)[C@H](N=C1NS(=O)(=O)c2ccccc21)C(C)(C)C. The molecule has 1 aromatic rings. The van der Waals surface area contributed by atoms with E-state index in [-0.39, 0.29) is 10.7 Å². The summed E-state index contributed by atoms with van der Waals surface area (Å²) in [4.78, 5) is 21.3. The number of hydrogen-bond acceptors (Lipinski definition) is 5. The Kier molecular flexibility index (Phi) is 4.25. The van der Waals surface area contributed by atoms with E-state index >= 15 is 0 Å². The van der Waals surface area contributed by atoms with Crippen molar-refractivity contribution in [2.75, 3.05) is 7.11 Å². The molecule has 1 atom stereocenters. The maximum atomic E-state index is 12.1. The highest BCUT2D eigenvalue weighted by Crippen LogP contribution is 2.27. The predicted molar refractivity (Wildman–Crippen MR) is 81.7 cm³/mol. The van der Waals surface area contributed by atoms with Crippen molar-refractivity contribution < 1.29 is 18.0 Å². The molecule has 0 fully saturated rings. The Labute approximate surface area is 129 Å². The van der Waals surface area contributed by atoms with Crippen LogP contribution < -0.4 is 10.2 Å². The van der Waals surface area contributed by atoms with Crippen molar-refractivity contribution in [2.24, 2.45) is 10.4 Å². The van der Waals surface area contributed by atoms with Gasteiger partial charge in [-0.25, -0.2) is 13.9 Å². The van der Waals surface area contributed by atoms with Crippen LogP contribution in [0.5, 0.6) is 0 Å². The average Bonchev–Trinajstić information content (AvgIpc) is 2.67. The Morgan fingerprint density at radius 1 is 1.32 bits per heavy atom. The zero-order valence-corrected chi connectivity index (χ0v) is 13.7. The van der Waals surface area contributed by atoms with Gasteiger partial charge in [-0.05, 0) is 17.5 Å². The van der Waals surface area contributed by atoms with E-state index in [1.165, 1.54) is 13.2 Å². The van der Waals surface area contributed by atoms with E-state index in [1.54, 1.807) is 18.2 Å². The number of fused-ring (bicyclic) bond motifs is 1. The molecule has 0 radical (unpaired) electrons. The Hall–Kier alpha value is -1.93. The first kappa shape index (κ1) is 16.4. The standard InChI is InChI=1S/C14H19N3O4S/c1-14(2,3)11(13(18)16-21-4)15-12-9-7-5-6-8-10(9)22(19,20)17-12/h5-8,11H,1-4H3,(H,15,17)(H,16,18)/t11-/m0/s1. The summed E-state index contributed by atoms with van der Waals surface area (Å²) in [5, 5.41) is 0. The molecule has 0 aromatic heterocycles. The van der Waals surface area contributed by atoms with Gasteiger partial charge in [0.25, 0.3) is 15.9 Å². The van der Waals surface area contributed by atoms with Gasteiger partial charge in [-0.15, -0.1) is 0 Å². The molecule has 1 aliphatic heterocycles. The highest BCUT2D eigenvalue weighted by molar-refractivity contribution is 7.90. The van der Waals surface area contributed by atoms with Crippen LogP contribution in [0.1, 0.15) is 26.3 Å². The molecule has 2 rings (SSSR count). The zero-order valence-electron chi connectivity index (χ0n) is 12.9. The molecule has 2 N–H and O–H groups in total. The summed E-state index contributed by atoms with van der Waals surface area (Å²) in [6, 6.07) is 5.70. The highest BCUT2D eigenvalue weighted by atomic mass is 32.2. The van der Waals surface area contributed by atoms with Crippen LogP contribution in [0, 0.1) is 5.41 Å². The first-order chi connectivity index (χ1) is 10.2. The smallest absolute Gasteiger partial charge is 0.268 e. The maximum Gasteiger partial charge on any atom is 0.268 e. The third-order valence-electron chi connectivity index (χ3n) is 3.19. The molecule has 1 aliphatic rings. The quantitative estimate of drug-likeness (QED) is 0.804. The van der Waals surface area contributed by atoms with Gasteiger partial charge in [-0.3, -0.25) is 19.3 Å². The number of amidine groups is 1. The van der Waals surface area contributed by atoms with E-state index in [9.17, 15) is 13.2 Å². The van der Waals surface area contributed by atoms with Gasteiger partial charge in [0.15, 0.2) is 0 Å². The number of benzene rings is 1. The minimum atomic E-state index is -3.63. The third-order valence-corrected chi connectivity index (χ3v) is 4.59. The van der Waals surface area contributed by atoms with Gasteiger partial charge < -0.3 is 0 Å². The maximum absolute atomic E-state index is 12.1. The van der Waals surface area contributed by atoms with Crippen LogP contribution in [0.4, 0.5) is 0 Å². The number of hydroxylamine groups is 1. The monoisotopic (exact) mass is 325 g/mol. The number of nitrogens with zero attached hydrogens (tertiary/aromatic N) is 1. The lowest BCUT2D eigenvalue weighted by Gasteiger charge is -2.26. The van der Waals surface area contributed by atoms with Crippen molar-refractivity contribution in [1.82, 2.24) is 10.2 Å². The number of amides is 1. The van der Waals surface area contributed by atoms with E-state index in [2.05, 4.69) is 20.0 Å². The number of carbonyl (C=O) groups excluding carboxylic acids is 1. The molecule has 1 amide bonds. The molecule has 0 spiro atoms. The zero-order chi connectivity index (χ0) is 16.5. The molecule has 120 valence electrons. The number of aliphatic imine (C=N–C) groups is 1. The molecular weight excluding hydrogens is 306 g/mol. The fourth-order valence-electron chi connectivity index (χ4n) is 2.16. The topological polar surface area (TPSA) is 96.9 Å². The van der Waals surface area contributed by atoms with Crippen molar-refractivity contribution in [1.29, 1.82) is 0 Å². The molecule has 0 saturated carbocycles. The molecule has 1 heterocycles. The van der Waals surface area contributed by atoms with Gasteiger partial charge in [-0.1, -0.05) is 32.9 Å². The first-order valence-corrected chi connectivity index (χ1v) is 8.18. The van der Waals surface area contributed by atoms with Crippen LogP contribution in [-0.4, -0.2) is 33.3 Å². The summed E-state index contributed by atoms with van der Waals surface area (Å²) < 4.78 is 26.5. The Morgan fingerprint density at radius 2 is 1.95 bits per heavy atom. The Bertz CT molecular complexity index is 720. The van der Waals surface area contributed by atoms with Crippen molar-refractivity contribution in [2.45, 2.75) is 31.7 Å². The summed E-state index contributed by atoms with van der Waals surface area (Å²) in [5.41, 5.74) is 2.19. The second kappa shape index (κ2) is 5.69. The second-order valence-corrected chi connectivity index (χ2v) is 7.67. The Balaban J connectivity index is 2.49. The molecule has 0 aliphatic carbocycles. The van der Waals surface area contributed by atoms with Gasteiger partial charge in [0.1, 0.15) is 11.9 Å². The lowest BCUT2D eigenvalue weighted by Crippen LogP contribution is -2.42. The van der Waals surface area contributed by atoms with Crippen molar-refractivity contribution in [3.63, 3.8) is 0 Å². The number of sulfonamides is 1. The summed E-state index contributed by atoms with van der Waals surface area (Å²) in [6.45, 7) is 5.52. The lowest BCUT2D eigenvalue weighted by atomic mass is 9.86. The normalized spacial score (nSPS) is 19.4. The molecule has 0 unspecified atom stereocenters. The van der Waals surface area contributed by atoms with Crippen LogP contribution in [0.15, 0.2) is 34.2 Å². The van der Waals surface area contributed by atoms with Gasteiger partial charge in [0, 0.05) is 5.56 Å². The van der Waals surface area contributed by atoms with Gasteiger partial charge in [0.2, 0.25) is 0 Å². The minimum Gasteiger partial charge on any atom is -0.277 e. The van der Waals surface area contributed by atoms with Crippen molar-refractivity contribution in [3.05, 3.63) is 29.8 Å². The fraction of sp³-hybridized carbons (Fsp3) is 0.429. The summed E-state index contributed by atoms with van der Waals surface area (Å²) in [6.07, 6.45) is 0. The number of nitrogens with one attached hydrogen (secondary N) is 2. The number of hydrogen-bond donors (Lipinski definition) is 2. The van der Waals surface area contributed by atoms with Crippen LogP contribution in [-0.2, 0) is 19.7 Å². The molecule has 8 heteroatoms. The van der Waals surface area contributed by atoms with Crippen LogP contribution in [0.25, 0.3) is 0 Å². The Morgan fingerprint density at radius 3 is 2.55 bits per heavy atom. The van der Waals surface area contributed by atoms with Crippen LogP contribution >= 0.6 is 0 Å². The molecule has 0 bridgehead atoms. The van der Waals surface area contributed by atoms with E-state index in [0.29, 0.717) is 5.56 Å². The average molecular weight is 325 g/mol.